The van der Waals surface area contributed by atoms with Gasteiger partial charge >= 0.3 is 0 Å². The molecular formula is C26H25N7O2. The lowest BCUT2D eigenvalue weighted by Crippen LogP contribution is -2.59. The number of nitriles is 1. The molecule has 1 amide bonds. The van der Waals surface area contributed by atoms with Crippen molar-refractivity contribution in [3.63, 3.8) is 0 Å². The number of fused-ring (bicyclic) bond motifs is 1. The molecule has 0 spiro atoms. The van der Waals surface area contributed by atoms with E-state index in [9.17, 15) is 10.1 Å². The summed E-state index contributed by atoms with van der Waals surface area (Å²) >= 11 is 0. The Bertz CT molecular complexity index is 1420. The Hall–Kier alpha value is -4.42. The molecule has 1 aliphatic rings. The molecular weight excluding hydrogens is 442 g/mol. The van der Waals surface area contributed by atoms with Gasteiger partial charge in [0.2, 0.25) is 5.91 Å². The summed E-state index contributed by atoms with van der Waals surface area (Å²) in [5, 5.41) is 21.4. The highest BCUT2D eigenvalue weighted by molar-refractivity contribution is 5.88. The predicted molar refractivity (Wildman–Crippen MR) is 133 cm³/mol. The minimum atomic E-state index is -0.146. The minimum absolute atomic E-state index is 0.131. The van der Waals surface area contributed by atoms with Gasteiger partial charge in [-0.15, -0.1) is 0 Å². The first-order chi connectivity index (χ1) is 17.1. The smallest absolute Gasteiger partial charge is 0.243 e. The zero-order valence-corrected chi connectivity index (χ0v) is 19.4. The van der Waals surface area contributed by atoms with E-state index < -0.39 is 0 Å². The largest absolute Gasteiger partial charge is 0.383 e. The molecule has 9 heteroatoms. The molecule has 1 N–H and O–H groups in total. The summed E-state index contributed by atoms with van der Waals surface area (Å²) in [6.07, 6.45) is 8.61. The standard InChI is InChI=1S/C26H25N7O2/c1-3-25(34)30-22-16-31(17-22)23-6-4-18(5-7-23)24-10-19(15-33-26(24)20(11-27)12-29-33)21-13-28-32(14-21)8-9-35-2/h3-7,10,12-15,22H,1,8-9,16-17H2,2H3,(H,30,34). The Balaban J connectivity index is 1.45. The van der Waals surface area contributed by atoms with Crippen molar-refractivity contribution < 1.29 is 9.53 Å². The van der Waals surface area contributed by atoms with Crippen molar-refractivity contribution in [2.75, 3.05) is 31.7 Å². The minimum Gasteiger partial charge on any atom is -0.383 e. The van der Waals surface area contributed by atoms with E-state index in [0.29, 0.717) is 18.7 Å². The highest BCUT2D eigenvalue weighted by Crippen LogP contribution is 2.33. The second-order valence-electron chi connectivity index (χ2n) is 8.45. The number of amides is 1. The second-order valence-corrected chi connectivity index (χ2v) is 8.45. The van der Waals surface area contributed by atoms with Crippen molar-refractivity contribution in [2.24, 2.45) is 0 Å². The first kappa shape index (κ1) is 22.4. The average molecular weight is 468 g/mol. The predicted octanol–water partition coefficient (Wildman–Crippen LogP) is 2.87. The summed E-state index contributed by atoms with van der Waals surface area (Å²) in [7, 11) is 1.67. The van der Waals surface area contributed by atoms with E-state index in [1.807, 2.05) is 23.3 Å². The maximum absolute atomic E-state index is 11.5. The van der Waals surface area contributed by atoms with Gasteiger partial charge < -0.3 is 15.0 Å². The quantitative estimate of drug-likeness (QED) is 0.400. The number of methoxy groups -OCH3 is 1. The Morgan fingerprint density at radius 2 is 2.00 bits per heavy atom. The topological polar surface area (TPSA) is 100 Å². The molecule has 4 heterocycles. The number of pyridine rings is 1. The van der Waals surface area contributed by atoms with E-state index in [1.54, 1.807) is 17.8 Å². The summed E-state index contributed by atoms with van der Waals surface area (Å²) in [6.45, 7) is 6.26. The number of nitrogens with zero attached hydrogens (tertiary/aromatic N) is 6. The van der Waals surface area contributed by atoms with Crippen LogP contribution in [0.4, 0.5) is 5.69 Å². The molecule has 1 saturated heterocycles. The van der Waals surface area contributed by atoms with Crippen LogP contribution in [0.1, 0.15) is 5.56 Å². The second kappa shape index (κ2) is 9.44. The molecule has 3 aromatic heterocycles. The lowest BCUT2D eigenvalue weighted by Gasteiger charge is -2.41. The van der Waals surface area contributed by atoms with Crippen LogP contribution in [0.15, 0.2) is 67.8 Å². The molecule has 0 bridgehead atoms. The molecule has 176 valence electrons. The maximum Gasteiger partial charge on any atom is 0.243 e. The van der Waals surface area contributed by atoms with Gasteiger partial charge in [-0.25, -0.2) is 4.52 Å². The molecule has 0 atom stereocenters. The van der Waals surface area contributed by atoms with Crippen molar-refractivity contribution in [1.82, 2.24) is 24.7 Å². The molecule has 9 nitrogen and oxygen atoms in total. The van der Waals surface area contributed by atoms with Crippen molar-refractivity contribution in [1.29, 1.82) is 5.26 Å². The van der Waals surface area contributed by atoms with Gasteiger partial charge in [-0.2, -0.15) is 15.5 Å². The van der Waals surface area contributed by atoms with Gasteiger partial charge in [-0.05, 0) is 29.8 Å². The fraction of sp³-hybridized carbons (Fsp3) is 0.231. The third-order valence-electron chi connectivity index (χ3n) is 6.18. The molecule has 35 heavy (non-hydrogen) atoms. The Kier molecular flexibility index (Phi) is 6.04. The monoisotopic (exact) mass is 467 g/mol. The van der Waals surface area contributed by atoms with Crippen molar-refractivity contribution in [2.45, 2.75) is 12.6 Å². The number of hydrogen-bond acceptors (Lipinski definition) is 6. The van der Waals surface area contributed by atoms with Crippen molar-refractivity contribution >= 4 is 17.1 Å². The molecule has 0 saturated carbocycles. The molecule has 0 radical (unpaired) electrons. The number of hydrogen-bond donors (Lipinski definition) is 1. The Morgan fingerprint density at radius 3 is 2.71 bits per heavy atom. The SMILES string of the molecule is C=CC(=O)NC1CN(c2ccc(-c3cc(-c4cnn(CCOC)c4)cn4ncc(C#N)c34)cc2)C1. The summed E-state index contributed by atoms with van der Waals surface area (Å²) in [5.41, 5.74) is 6.20. The van der Waals surface area contributed by atoms with E-state index >= 15 is 0 Å². The van der Waals surface area contributed by atoms with Crippen molar-refractivity contribution in [3.05, 3.63) is 73.3 Å². The van der Waals surface area contributed by atoms with Gasteiger partial charge in [0, 0.05) is 55.0 Å². The number of ether oxygens (including phenoxy) is 1. The number of nitrogens with one attached hydrogen (secondary N) is 1. The number of benzene rings is 1. The van der Waals surface area contributed by atoms with Gasteiger partial charge in [0.15, 0.2) is 0 Å². The van der Waals surface area contributed by atoms with E-state index in [4.69, 9.17) is 4.74 Å². The molecule has 4 aromatic rings. The van der Waals surface area contributed by atoms with Crippen LogP contribution in [0.5, 0.6) is 0 Å². The third-order valence-corrected chi connectivity index (χ3v) is 6.18. The van der Waals surface area contributed by atoms with E-state index in [1.165, 1.54) is 6.08 Å². The van der Waals surface area contributed by atoms with Crippen LogP contribution in [0.3, 0.4) is 0 Å². The Labute approximate surface area is 202 Å². The average Bonchev–Trinajstić information content (AvgIpc) is 3.51. The first-order valence-electron chi connectivity index (χ1n) is 11.3. The molecule has 1 aliphatic heterocycles. The van der Waals surface area contributed by atoms with Crippen LogP contribution < -0.4 is 10.2 Å². The third kappa shape index (κ3) is 4.39. The zero-order chi connectivity index (χ0) is 24.4. The summed E-state index contributed by atoms with van der Waals surface area (Å²) in [6, 6.07) is 12.7. The summed E-state index contributed by atoms with van der Waals surface area (Å²) in [5.74, 6) is -0.146. The lowest BCUT2D eigenvalue weighted by molar-refractivity contribution is -0.117. The van der Waals surface area contributed by atoms with E-state index in [-0.39, 0.29) is 11.9 Å². The number of carbonyl (C=O) groups is 1. The highest BCUT2D eigenvalue weighted by Gasteiger charge is 2.27. The summed E-state index contributed by atoms with van der Waals surface area (Å²) in [4.78, 5) is 13.7. The van der Waals surface area contributed by atoms with E-state index in [0.717, 1.165) is 46.5 Å². The number of aromatic nitrogens is 4. The fourth-order valence-electron chi connectivity index (χ4n) is 4.29. The van der Waals surface area contributed by atoms with Crippen LogP contribution in [-0.4, -0.2) is 58.1 Å². The van der Waals surface area contributed by atoms with E-state index in [2.05, 4.69) is 63.4 Å². The van der Waals surface area contributed by atoms with Gasteiger partial charge in [-0.1, -0.05) is 18.7 Å². The normalized spacial score (nSPS) is 13.4. The fourth-order valence-corrected chi connectivity index (χ4v) is 4.29. The van der Waals surface area contributed by atoms with Crippen LogP contribution in [0, 0.1) is 11.3 Å². The molecule has 1 aromatic carbocycles. The van der Waals surface area contributed by atoms with Crippen LogP contribution in [0.2, 0.25) is 0 Å². The van der Waals surface area contributed by atoms with Gasteiger partial charge in [0.25, 0.3) is 0 Å². The molecule has 1 fully saturated rings. The number of anilines is 1. The highest BCUT2D eigenvalue weighted by atomic mass is 16.5. The van der Waals surface area contributed by atoms with Gasteiger partial charge in [0.05, 0.1) is 42.7 Å². The lowest BCUT2D eigenvalue weighted by atomic mass is 9.99. The summed E-state index contributed by atoms with van der Waals surface area (Å²) < 4.78 is 8.75. The first-order valence-corrected chi connectivity index (χ1v) is 11.3. The number of rotatable bonds is 8. The maximum atomic E-state index is 11.5. The number of carbonyl (C=O) groups excluding carboxylic acids is 1. The van der Waals surface area contributed by atoms with Crippen LogP contribution >= 0.6 is 0 Å². The van der Waals surface area contributed by atoms with Crippen LogP contribution in [-0.2, 0) is 16.1 Å². The van der Waals surface area contributed by atoms with Crippen LogP contribution in [0.25, 0.3) is 27.8 Å². The van der Waals surface area contributed by atoms with Gasteiger partial charge in [-0.3, -0.25) is 9.48 Å². The zero-order valence-electron chi connectivity index (χ0n) is 19.4. The van der Waals surface area contributed by atoms with Crippen molar-refractivity contribution in [3.8, 4) is 28.3 Å². The molecule has 0 unspecified atom stereocenters. The van der Waals surface area contributed by atoms with Gasteiger partial charge in [0.1, 0.15) is 6.07 Å². The Morgan fingerprint density at radius 1 is 1.20 bits per heavy atom. The molecule has 0 aliphatic carbocycles. The molecule has 5 rings (SSSR count).